The fourth-order valence-electron chi connectivity index (χ4n) is 4.22. The summed E-state index contributed by atoms with van der Waals surface area (Å²) in [4.78, 5) is 26.0. The summed E-state index contributed by atoms with van der Waals surface area (Å²) in [6.07, 6.45) is 5.74. The lowest BCUT2D eigenvalue weighted by Crippen LogP contribution is -2.53. The molecule has 3 N–H and O–H groups in total. The number of anilines is 1. The highest BCUT2D eigenvalue weighted by Gasteiger charge is 2.26. The van der Waals surface area contributed by atoms with E-state index in [0.29, 0.717) is 37.6 Å². The van der Waals surface area contributed by atoms with Crippen LogP contribution in [0.25, 0.3) is 22.0 Å². The predicted molar refractivity (Wildman–Crippen MR) is 129 cm³/mol. The Bertz CT molecular complexity index is 1250. The number of nitrogens with zero attached hydrogens (tertiary/aromatic N) is 5. The molecule has 1 amide bonds. The summed E-state index contributed by atoms with van der Waals surface area (Å²) in [6.45, 7) is 2.56. The second kappa shape index (κ2) is 9.17. The van der Waals surface area contributed by atoms with E-state index in [9.17, 15) is 4.79 Å². The van der Waals surface area contributed by atoms with Crippen LogP contribution in [0.5, 0.6) is 0 Å². The minimum absolute atomic E-state index is 0.0283. The molecule has 0 spiro atoms. The molecule has 33 heavy (non-hydrogen) atoms. The summed E-state index contributed by atoms with van der Waals surface area (Å²) in [6, 6.07) is 13.0. The van der Waals surface area contributed by atoms with Gasteiger partial charge in [0.2, 0.25) is 5.91 Å². The van der Waals surface area contributed by atoms with Gasteiger partial charge in [0.25, 0.3) is 0 Å². The molecular formula is C24H24ClN7O. The Hall–Kier alpha value is -3.49. The van der Waals surface area contributed by atoms with Crippen LogP contribution in [0.15, 0.2) is 61.2 Å². The van der Waals surface area contributed by atoms with Crippen LogP contribution < -0.4 is 10.6 Å². The van der Waals surface area contributed by atoms with E-state index in [2.05, 4.69) is 31.1 Å². The van der Waals surface area contributed by atoms with Gasteiger partial charge in [-0.05, 0) is 41.8 Å². The molecule has 1 aliphatic rings. The molecular weight excluding hydrogens is 438 g/mol. The van der Waals surface area contributed by atoms with Gasteiger partial charge in [-0.1, -0.05) is 29.8 Å². The maximum Gasteiger partial charge on any atom is 0.239 e. The third-order valence-corrected chi connectivity index (χ3v) is 6.27. The first-order valence-corrected chi connectivity index (χ1v) is 11.2. The van der Waals surface area contributed by atoms with Crippen molar-refractivity contribution in [3.8, 4) is 11.1 Å². The zero-order chi connectivity index (χ0) is 22.8. The van der Waals surface area contributed by atoms with Crippen LogP contribution >= 0.6 is 11.6 Å². The number of hydrogen-bond donors (Lipinski definition) is 2. The van der Waals surface area contributed by atoms with Crippen LogP contribution in [0.4, 0.5) is 5.82 Å². The molecule has 0 aliphatic carbocycles. The molecule has 3 heterocycles. The normalized spacial score (nSPS) is 15.1. The molecule has 168 valence electrons. The van der Waals surface area contributed by atoms with E-state index < -0.39 is 6.04 Å². The second-order valence-corrected chi connectivity index (χ2v) is 8.60. The van der Waals surface area contributed by atoms with Crippen molar-refractivity contribution >= 4 is 34.2 Å². The SMILES string of the molecule is N[C@H](Cc1ccc(Cl)cc1)C(=O)N1CCN(c2ncnc3ccc(-c4cn[nH]c4)cc23)CC1. The largest absolute Gasteiger partial charge is 0.352 e. The lowest BCUT2D eigenvalue weighted by Gasteiger charge is -2.36. The molecule has 8 nitrogen and oxygen atoms in total. The summed E-state index contributed by atoms with van der Waals surface area (Å²) in [7, 11) is 0. The number of nitrogens with one attached hydrogen (secondary N) is 1. The predicted octanol–water partition coefficient (Wildman–Crippen LogP) is 2.89. The van der Waals surface area contributed by atoms with Crippen molar-refractivity contribution in [2.75, 3.05) is 31.1 Å². The number of carbonyl (C=O) groups excluding carboxylic acids is 1. The van der Waals surface area contributed by atoms with E-state index in [-0.39, 0.29) is 5.91 Å². The van der Waals surface area contributed by atoms with Gasteiger partial charge >= 0.3 is 0 Å². The number of rotatable bonds is 5. The Kier molecular flexibility index (Phi) is 5.93. The number of halogens is 1. The first-order valence-electron chi connectivity index (χ1n) is 10.9. The van der Waals surface area contributed by atoms with Crippen molar-refractivity contribution in [3.05, 3.63) is 71.8 Å². The molecule has 0 unspecified atom stereocenters. The maximum absolute atomic E-state index is 12.9. The molecule has 1 fully saturated rings. The Morgan fingerprint density at radius 1 is 1.06 bits per heavy atom. The van der Waals surface area contributed by atoms with Crippen molar-refractivity contribution in [1.29, 1.82) is 0 Å². The average Bonchev–Trinajstić information content (AvgIpc) is 3.39. The van der Waals surface area contributed by atoms with Crippen LogP contribution in [-0.4, -0.2) is 63.2 Å². The molecule has 1 saturated heterocycles. The number of carbonyl (C=O) groups is 1. The summed E-state index contributed by atoms with van der Waals surface area (Å²) < 4.78 is 0. The van der Waals surface area contributed by atoms with Crippen molar-refractivity contribution < 1.29 is 4.79 Å². The minimum atomic E-state index is -0.574. The molecule has 0 bridgehead atoms. The smallest absolute Gasteiger partial charge is 0.239 e. The van der Waals surface area contributed by atoms with Gasteiger partial charge in [0.1, 0.15) is 12.1 Å². The molecule has 1 atom stereocenters. The van der Waals surface area contributed by atoms with E-state index in [1.54, 1.807) is 12.5 Å². The first kappa shape index (κ1) is 21.4. The fraction of sp³-hybridized carbons (Fsp3) is 0.250. The number of aromatic amines is 1. The number of benzene rings is 2. The molecule has 0 radical (unpaired) electrons. The molecule has 0 saturated carbocycles. The van der Waals surface area contributed by atoms with Crippen LogP contribution in [0.3, 0.4) is 0 Å². The maximum atomic E-state index is 12.9. The van der Waals surface area contributed by atoms with E-state index >= 15 is 0 Å². The Morgan fingerprint density at radius 3 is 2.58 bits per heavy atom. The lowest BCUT2D eigenvalue weighted by atomic mass is 10.0. The van der Waals surface area contributed by atoms with Gasteiger partial charge in [0.05, 0.1) is 17.8 Å². The summed E-state index contributed by atoms with van der Waals surface area (Å²) in [5.41, 5.74) is 10.2. The van der Waals surface area contributed by atoms with E-state index in [1.165, 1.54) is 0 Å². The highest BCUT2D eigenvalue weighted by Crippen LogP contribution is 2.29. The second-order valence-electron chi connectivity index (χ2n) is 8.17. The van der Waals surface area contributed by atoms with Gasteiger partial charge in [0, 0.05) is 48.3 Å². The molecule has 5 rings (SSSR count). The van der Waals surface area contributed by atoms with Gasteiger partial charge in [-0.25, -0.2) is 9.97 Å². The number of amides is 1. The van der Waals surface area contributed by atoms with Gasteiger partial charge in [-0.15, -0.1) is 0 Å². The Morgan fingerprint density at radius 2 is 1.85 bits per heavy atom. The summed E-state index contributed by atoms with van der Waals surface area (Å²) in [5, 5.41) is 8.54. The number of fused-ring (bicyclic) bond motifs is 1. The van der Waals surface area contributed by atoms with E-state index in [1.807, 2.05) is 47.5 Å². The topological polar surface area (TPSA) is 104 Å². The van der Waals surface area contributed by atoms with Crippen molar-refractivity contribution in [1.82, 2.24) is 25.1 Å². The van der Waals surface area contributed by atoms with Crippen LogP contribution in [-0.2, 0) is 11.2 Å². The number of H-pyrrole nitrogens is 1. The third-order valence-electron chi connectivity index (χ3n) is 6.02. The molecule has 1 aliphatic heterocycles. The van der Waals surface area contributed by atoms with E-state index in [0.717, 1.165) is 33.4 Å². The standard InChI is InChI=1S/C24H24ClN7O/c25-19-4-1-16(2-5-19)11-21(26)24(33)32-9-7-31(8-10-32)23-20-12-17(18-13-29-30-14-18)3-6-22(20)27-15-28-23/h1-6,12-15,21H,7-11,26H2,(H,29,30)/t21-/m1/s1. The van der Waals surface area contributed by atoms with Crippen LogP contribution in [0.2, 0.25) is 5.02 Å². The summed E-state index contributed by atoms with van der Waals surface area (Å²) >= 11 is 5.94. The first-order chi connectivity index (χ1) is 16.1. The highest BCUT2D eigenvalue weighted by atomic mass is 35.5. The molecule has 4 aromatic rings. The third kappa shape index (κ3) is 4.53. The van der Waals surface area contributed by atoms with Gasteiger partial charge < -0.3 is 15.5 Å². The monoisotopic (exact) mass is 461 g/mol. The van der Waals surface area contributed by atoms with Crippen LogP contribution in [0.1, 0.15) is 5.56 Å². The number of hydrogen-bond acceptors (Lipinski definition) is 6. The number of piperazine rings is 1. The van der Waals surface area contributed by atoms with Crippen molar-refractivity contribution in [2.45, 2.75) is 12.5 Å². The number of aromatic nitrogens is 4. The summed E-state index contributed by atoms with van der Waals surface area (Å²) in [5.74, 6) is 0.849. The van der Waals surface area contributed by atoms with Crippen molar-refractivity contribution in [3.63, 3.8) is 0 Å². The zero-order valence-electron chi connectivity index (χ0n) is 18.0. The quantitative estimate of drug-likeness (QED) is 0.473. The number of nitrogens with two attached hydrogens (primary N) is 1. The lowest BCUT2D eigenvalue weighted by molar-refractivity contribution is -0.132. The van der Waals surface area contributed by atoms with Crippen molar-refractivity contribution in [2.24, 2.45) is 5.73 Å². The van der Waals surface area contributed by atoms with Crippen LogP contribution in [0, 0.1) is 0 Å². The van der Waals surface area contributed by atoms with Gasteiger partial charge in [-0.3, -0.25) is 9.89 Å². The highest BCUT2D eigenvalue weighted by molar-refractivity contribution is 6.30. The minimum Gasteiger partial charge on any atom is -0.352 e. The fourth-order valence-corrected chi connectivity index (χ4v) is 4.34. The average molecular weight is 462 g/mol. The Balaban J connectivity index is 1.28. The van der Waals surface area contributed by atoms with Gasteiger partial charge in [0.15, 0.2) is 0 Å². The molecule has 9 heteroatoms. The Labute approximate surface area is 196 Å². The van der Waals surface area contributed by atoms with Gasteiger partial charge in [-0.2, -0.15) is 5.10 Å². The zero-order valence-corrected chi connectivity index (χ0v) is 18.7. The molecule has 2 aromatic heterocycles. The molecule has 2 aromatic carbocycles. The van der Waals surface area contributed by atoms with E-state index in [4.69, 9.17) is 17.3 Å².